The van der Waals surface area contributed by atoms with E-state index in [0.29, 0.717) is 5.69 Å². The highest BCUT2D eigenvalue weighted by molar-refractivity contribution is 5.87. The molecule has 1 heterocycles. The maximum absolute atomic E-state index is 5.87. The molecule has 0 aliphatic carbocycles. The second kappa shape index (κ2) is 2.94. The van der Waals surface area contributed by atoms with Crippen LogP contribution < -0.4 is 5.73 Å². The van der Waals surface area contributed by atoms with Gasteiger partial charge in [0.15, 0.2) is 0 Å². The van der Waals surface area contributed by atoms with E-state index < -0.39 is 0 Å². The fourth-order valence-electron chi connectivity index (χ4n) is 1.50. The van der Waals surface area contributed by atoms with Crippen molar-refractivity contribution in [1.29, 1.82) is 0 Å². The van der Waals surface area contributed by atoms with Crippen molar-refractivity contribution >= 4 is 16.7 Å². The molecule has 0 saturated carbocycles. The molecule has 3 nitrogen and oxygen atoms in total. The Labute approximate surface area is 83.0 Å². The number of hydrogen-bond acceptors (Lipinski definition) is 3. The van der Waals surface area contributed by atoms with Crippen molar-refractivity contribution < 1.29 is 0 Å². The summed E-state index contributed by atoms with van der Waals surface area (Å²) in [6.45, 7) is 5.91. The molecule has 3 heteroatoms. The lowest BCUT2D eigenvalue weighted by Crippen LogP contribution is -1.97. The van der Waals surface area contributed by atoms with Crippen LogP contribution in [0.15, 0.2) is 12.1 Å². The highest BCUT2D eigenvalue weighted by Gasteiger charge is 2.04. The summed E-state index contributed by atoms with van der Waals surface area (Å²) in [4.78, 5) is 8.88. The van der Waals surface area contributed by atoms with Gasteiger partial charge in [-0.3, -0.25) is 0 Å². The zero-order chi connectivity index (χ0) is 10.3. The summed E-state index contributed by atoms with van der Waals surface area (Å²) in [7, 11) is 0. The van der Waals surface area contributed by atoms with Gasteiger partial charge in [0.1, 0.15) is 5.52 Å². The Kier molecular flexibility index (Phi) is 1.88. The second-order valence-electron chi connectivity index (χ2n) is 3.62. The molecule has 14 heavy (non-hydrogen) atoms. The molecule has 0 aliphatic rings. The van der Waals surface area contributed by atoms with Gasteiger partial charge in [0.25, 0.3) is 0 Å². The summed E-state index contributed by atoms with van der Waals surface area (Å²) in [5.41, 5.74) is 11.3. The van der Waals surface area contributed by atoms with Crippen LogP contribution in [0.5, 0.6) is 0 Å². The number of fused-ring (bicyclic) bond motifs is 1. The third-order valence-electron chi connectivity index (χ3n) is 2.35. The first kappa shape index (κ1) is 8.94. The molecule has 0 fully saturated rings. The Balaban J connectivity index is 2.89. The summed E-state index contributed by atoms with van der Waals surface area (Å²) < 4.78 is 0. The fourth-order valence-corrected chi connectivity index (χ4v) is 1.50. The molecular weight excluding hydrogens is 174 g/mol. The average molecular weight is 187 g/mol. The lowest BCUT2D eigenvalue weighted by Gasteiger charge is -2.05. The molecule has 72 valence electrons. The van der Waals surface area contributed by atoms with Gasteiger partial charge in [0, 0.05) is 0 Å². The van der Waals surface area contributed by atoms with E-state index in [2.05, 4.69) is 9.97 Å². The Morgan fingerprint density at radius 2 is 1.64 bits per heavy atom. The number of nitrogen functional groups attached to an aromatic ring is 1. The van der Waals surface area contributed by atoms with Gasteiger partial charge in [-0.25, -0.2) is 9.97 Å². The Bertz CT molecular complexity index is 503. The van der Waals surface area contributed by atoms with E-state index in [4.69, 9.17) is 5.73 Å². The largest absolute Gasteiger partial charge is 0.397 e. The van der Waals surface area contributed by atoms with Crippen LogP contribution in [-0.4, -0.2) is 9.97 Å². The van der Waals surface area contributed by atoms with Crippen LogP contribution in [0.25, 0.3) is 11.0 Å². The smallest absolute Gasteiger partial charge is 0.112 e. The van der Waals surface area contributed by atoms with Crippen LogP contribution in [0.2, 0.25) is 0 Å². The molecule has 2 N–H and O–H groups in total. The normalized spacial score (nSPS) is 10.8. The maximum atomic E-state index is 5.87. The standard InChI is InChI=1S/C11H13N3/c1-6-4-9(12)11-10(5-6)13-7(2)8(3)14-11/h4-5H,12H2,1-3H3. The maximum Gasteiger partial charge on any atom is 0.112 e. The number of aromatic nitrogens is 2. The number of rotatable bonds is 0. The summed E-state index contributed by atoms with van der Waals surface area (Å²) in [5, 5.41) is 0. The van der Waals surface area contributed by atoms with E-state index in [1.165, 1.54) is 0 Å². The molecule has 0 unspecified atom stereocenters. The van der Waals surface area contributed by atoms with Crippen molar-refractivity contribution in [2.75, 3.05) is 5.73 Å². The number of aryl methyl sites for hydroxylation is 3. The van der Waals surface area contributed by atoms with E-state index in [0.717, 1.165) is 28.0 Å². The lowest BCUT2D eigenvalue weighted by molar-refractivity contribution is 1.10. The van der Waals surface area contributed by atoms with Crippen LogP contribution in [0.4, 0.5) is 5.69 Å². The van der Waals surface area contributed by atoms with Crippen molar-refractivity contribution in [1.82, 2.24) is 9.97 Å². The number of nitrogens with two attached hydrogens (primary N) is 1. The molecule has 0 atom stereocenters. The number of benzene rings is 1. The minimum absolute atomic E-state index is 0.704. The minimum atomic E-state index is 0.704. The van der Waals surface area contributed by atoms with Crippen LogP contribution in [-0.2, 0) is 0 Å². The van der Waals surface area contributed by atoms with Crippen LogP contribution >= 0.6 is 0 Å². The predicted molar refractivity (Wildman–Crippen MR) is 58.2 cm³/mol. The van der Waals surface area contributed by atoms with Gasteiger partial charge in [0.05, 0.1) is 22.6 Å². The molecule has 0 aliphatic heterocycles. The average Bonchev–Trinajstić information content (AvgIpc) is 2.08. The highest BCUT2D eigenvalue weighted by Crippen LogP contribution is 2.20. The van der Waals surface area contributed by atoms with Crippen LogP contribution in [0.3, 0.4) is 0 Å². The van der Waals surface area contributed by atoms with E-state index >= 15 is 0 Å². The van der Waals surface area contributed by atoms with Gasteiger partial charge in [-0.15, -0.1) is 0 Å². The first-order chi connectivity index (χ1) is 6.58. The van der Waals surface area contributed by atoms with Gasteiger partial charge in [-0.2, -0.15) is 0 Å². The molecule has 1 aromatic carbocycles. The van der Waals surface area contributed by atoms with Crippen LogP contribution in [0, 0.1) is 20.8 Å². The van der Waals surface area contributed by atoms with Gasteiger partial charge in [0.2, 0.25) is 0 Å². The van der Waals surface area contributed by atoms with E-state index in [9.17, 15) is 0 Å². The first-order valence-electron chi connectivity index (χ1n) is 4.59. The molecule has 0 spiro atoms. The Hall–Kier alpha value is -1.64. The Morgan fingerprint density at radius 3 is 2.36 bits per heavy atom. The third kappa shape index (κ3) is 1.31. The molecule has 2 aromatic rings. The predicted octanol–water partition coefficient (Wildman–Crippen LogP) is 2.14. The van der Waals surface area contributed by atoms with Crippen molar-refractivity contribution in [3.8, 4) is 0 Å². The molecule has 1 aromatic heterocycles. The van der Waals surface area contributed by atoms with Crippen molar-refractivity contribution in [2.24, 2.45) is 0 Å². The number of nitrogens with zero attached hydrogens (tertiary/aromatic N) is 2. The van der Waals surface area contributed by atoms with Crippen molar-refractivity contribution in [3.05, 3.63) is 29.1 Å². The first-order valence-corrected chi connectivity index (χ1v) is 4.59. The molecule has 0 amide bonds. The quantitative estimate of drug-likeness (QED) is 0.643. The third-order valence-corrected chi connectivity index (χ3v) is 2.35. The molecule has 0 bridgehead atoms. The second-order valence-corrected chi connectivity index (χ2v) is 3.62. The lowest BCUT2D eigenvalue weighted by atomic mass is 10.1. The van der Waals surface area contributed by atoms with Gasteiger partial charge in [-0.05, 0) is 38.5 Å². The van der Waals surface area contributed by atoms with E-state index in [-0.39, 0.29) is 0 Å². The van der Waals surface area contributed by atoms with Gasteiger partial charge >= 0.3 is 0 Å². The molecule has 0 saturated heterocycles. The highest BCUT2D eigenvalue weighted by atomic mass is 14.8. The Morgan fingerprint density at radius 1 is 1.00 bits per heavy atom. The van der Waals surface area contributed by atoms with Gasteiger partial charge in [-0.1, -0.05) is 0 Å². The summed E-state index contributed by atoms with van der Waals surface area (Å²) >= 11 is 0. The minimum Gasteiger partial charge on any atom is -0.397 e. The topological polar surface area (TPSA) is 51.8 Å². The van der Waals surface area contributed by atoms with Crippen LogP contribution in [0.1, 0.15) is 17.0 Å². The molecule has 2 rings (SSSR count). The summed E-state index contributed by atoms with van der Waals surface area (Å²) in [6, 6.07) is 3.93. The molecule has 0 radical (unpaired) electrons. The van der Waals surface area contributed by atoms with E-state index in [1.807, 2.05) is 32.9 Å². The zero-order valence-electron chi connectivity index (χ0n) is 8.63. The number of hydrogen-bond donors (Lipinski definition) is 1. The zero-order valence-corrected chi connectivity index (χ0v) is 8.63. The summed E-state index contributed by atoms with van der Waals surface area (Å²) in [6.07, 6.45) is 0. The summed E-state index contributed by atoms with van der Waals surface area (Å²) in [5.74, 6) is 0. The van der Waals surface area contributed by atoms with Crippen molar-refractivity contribution in [3.63, 3.8) is 0 Å². The van der Waals surface area contributed by atoms with E-state index in [1.54, 1.807) is 0 Å². The molecular formula is C11H13N3. The fraction of sp³-hybridized carbons (Fsp3) is 0.273. The number of anilines is 1. The van der Waals surface area contributed by atoms with Crippen molar-refractivity contribution in [2.45, 2.75) is 20.8 Å². The monoisotopic (exact) mass is 187 g/mol. The SMILES string of the molecule is Cc1cc(N)c2nc(C)c(C)nc2c1. The van der Waals surface area contributed by atoms with Gasteiger partial charge < -0.3 is 5.73 Å².